The Morgan fingerprint density at radius 1 is 1.18 bits per heavy atom. The maximum absolute atomic E-state index is 9.84. The summed E-state index contributed by atoms with van der Waals surface area (Å²) in [5.74, 6) is 0. The van der Waals surface area contributed by atoms with Crippen molar-refractivity contribution >= 4 is 5.69 Å². The molecular weight excluding hydrogens is 292 g/mol. The first kappa shape index (κ1) is 17.1. The number of aliphatic hydroxyl groups excluding tert-OH is 4. The monoisotopic (exact) mass is 314 g/mol. The molecule has 2 rings (SSSR count). The Balaban J connectivity index is 1.83. The second-order valence-electron chi connectivity index (χ2n) is 5.20. The molecule has 1 saturated heterocycles. The van der Waals surface area contributed by atoms with Crippen LogP contribution in [0.3, 0.4) is 0 Å². The van der Waals surface area contributed by atoms with E-state index < -0.39 is 37.3 Å². The summed E-state index contributed by atoms with van der Waals surface area (Å²) < 4.78 is 10.7. The van der Waals surface area contributed by atoms with E-state index in [0.29, 0.717) is 6.54 Å². The highest BCUT2D eigenvalue weighted by atomic mass is 16.7. The van der Waals surface area contributed by atoms with Gasteiger partial charge in [0.1, 0.15) is 24.4 Å². The molecule has 0 saturated carbocycles. The van der Waals surface area contributed by atoms with Crippen molar-refractivity contribution in [3.8, 4) is 0 Å². The van der Waals surface area contributed by atoms with Gasteiger partial charge in [-0.25, -0.2) is 0 Å². The van der Waals surface area contributed by atoms with Gasteiger partial charge in [-0.3, -0.25) is 4.98 Å². The van der Waals surface area contributed by atoms with E-state index >= 15 is 0 Å². The van der Waals surface area contributed by atoms with Crippen LogP contribution in [0.4, 0.5) is 5.69 Å². The Kier molecular flexibility index (Phi) is 6.07. The van der Waals surface area contributed by atoms with E-state index in [1.54, 1.807) is 12.4 Å². The van der Waals surface area contributed by atoms with Crippen LogP contribution >= 0.6 is 0 Å². The highest BCUT2D eigenvalue weighted by molar-refractivity contribution is 5.43. The molecule has 8 heteroatoms. The van der Waals surface area contributed by atoms with Gasteiger partial charge in [-0.2, -0.15) is 0 Å². The van der Waals surface area contributed by atoms with Crippen molar-refractivity contribution in [3.63, 3.8) is 0 Å². The lowest BCUT2D eigenvalue weighted by atomic mass is 9.99. The summed E-state index contributed by atoms with van der Waals surface area (Å²) in [5.41, 5.74) is 0.965. The Labute approximate surface area is 128 Å². The van der Waals surface area contributed by atoms with Gasteiger partial charge in [0.15, 0.2) is 6.29 Å². The highest BCUT2D eigenvalue weighted by Gasteiger charge is 2.43. The standard InChI is InChI=1S/C14H22N2O6/c1-16(9-2-4-15-5-3-9)6-7-21-14-13(20)12(19)11(18)10(8-17)22-14/h2-5,10-14,17-20H,6-8H2,1H3/t10?,11-,12?,13?,14+/m0/s1. The molecule has 124 valence electrons. The maximum atomic E-state index is 9.84. The number of ether oxygens (including phenoxy) is 2. The molecule has 0 aliphatic carbocycles. The average Bonchev–Trinajstić information content (AvgIpc) is 2.55. The third kappa shape index (κ3) is 3.92. The molecule has 0 bridgehead atoms. The van der Waals surface area contributed by atoms with E-state index in [2.05, 4.69) is 4.98 Å². The number of pyridine rings is 1. The molecule has 1 aliphatic heterocycles. The molecule has 22 heavy (non-hydrogen) atoms. The van der Waals surface area contributed by atoms with Crippen LogP contribution in [0.15, 0.2) is 24.5 Å². The predicted octanol–water partition coefficient (Wildman–Crippen LogP) is -1.67. The lowest BCUT2D eigenvalue weighted by Gasteiger charge is -2.39. The van der Waals surface area contributed by atoms with Gasteiger partial charge in [0.05, 0.1) is 13.2 Å². The zero-order valence-corrected chi connectivity index (χ0v) is 12.3. The van der Waals surface area contributed by atoms with Gasteiger partial charge < -0.3 is 34.8 Å². The maximum Gasteiger partial charge on any atom is 0.186 e. The normalized spacial score (nSPS) is 32.0. The molecule has 0 spiro atoms. The van der Waals surface area contributed by atoms with Gasteiger partial charge in [-0.05, 0) is 12.1 Å². The van der Waals surface area contributed by atoms with Crippen LogP contribution in [-0.4, -0.2) is 82.9 Å². The fourth-order valence-corrected chi connectivity index (χ4v) is 2.24. The summed E-state index contributed by atoms with van der Waals surface area (Å²) in [6, 6.07) is 3.71. The number of rotatable bonds is 6. The predicted molar refractivity (Wildman–Crippen MR) is 77.2 cm³/mol. The smallest absolute Gasteiger partial charge is 0.186 e. The fourth-order valence-electron chi connectivity index (χ4n) is 2.24. The minimum atomic E-state index is -1.42. The fraction of sp³-hybridized carbons (Fsp3) is 0.643. The topological polar surface area (TPSA) is 116 Å². The average molecular weight is 314 g/mol. The lowest BCUT2D eigenvalue weighted by molar-refractivity contribution is -0.300. The van der Waals surface area contributed by atoms with E-state index in [0.717, 1.165) is 5.69 Å². The van der Waals surface area contributed by atoms with Gasteiger partial charge >= 0.3 is 0 Å². The molecule has 0 amide bonds. The minimum Gasteiger partial charge on any atom is -0.394 e. The Bertz CT molecular complexity index is 446. The molecular formula is C14H22N2O6. The zero-order chi connectivity index (χ0) is 16.1. The first-order valence-electron chi connectivity index (χ1n) is 7.08. The molecule has 3 unspecified atom stereocenters. The van der Waals surface area contributed by atoms with Crippen molar-refractivity contribution in [2.24, 2.45) is 0 Å². The molecule has 0 aromatic carbocycles. The van der Waals surface area contributed by atoms with Crippen LogP contribution < -0.4 is 4.90 Å². The van der Waals surface area contributed by atoms with Crippen LogP contribution in [0.1, 0.15) is 0 Å². The first-order chi connectivity index (χ1) is 10.5. The van der Waals surface area contributed by atoms with Crippen LogP contribution in [0.25, 0.3) is 0 Å². The molecule has 8 nitrogen and oxygen atoms in total. The van der Waals surface area contributed by atoms with Gasteiger partial charge in [0.25, 0.3) is 0 Å². The quantitative estimate of drug-likeness (QED) is 0.493. The molecule has 1 aromatic heterocycles. The van der Waals surface area contributed by atoms with Crippen LogP contribution in [0.5, 0.6) is 0 Å². The first-order valence-corrected chi connectivity index (χ1v) is 7.08. The number of aliphatic hydroxyl groups is 4. The molecule has 4 N–H and O–H groups in total. The van der Waals surface area contributed by atoms with Crippen molar-refractivity contribution in [2.45, 2.75) is 30.7 Å². The van der Waals surface area contributed by atoms with E-state index in [1.165, 1.54) is 0 Å². The van der Waals surface area contributed by atoms with Crippen molar-refractivity contribution < 1.29 is 29.9 Å². The Hall–Kier alpha value is -1.29. The van der Waals surface area contributed by atoms with E-state index in [9.17, 15) is 15.3 Å². The minimum absolute atomic E-state index is 0.238. The summed E-state index contributed by atoms with van der Waals surface area (Å²) >= 11 is 0. The zero-order valence-electron chi connectivity index (χ0n) is 12.3. The number of likely N-dealkylation sites (N-methyl/N-ethyl adjacent to an activating group) is 1. The van der Waals surface area contributed by atoms with E-state index in [1.807, 2.05) is 24.1 Å². The third-order valence-corrected chi connectivity index (χ3v) is 3.66. The summed E-state index contributed by atoms with van der Waals surface area (Å²) in [6.07, 6.45) is -2.85. The number of nitrogens with zero attached hydrogens (tertiary/aromatic N) is 2. The second kappa shape index (κ2) is 7.82. The number of hydrogen-bond donors (Lipinski definition) is 4. The molecule has 0 radical (unpaired) electrons. The van der Waals surface area contributed by atoms with Gasteiger partial charge in [0, 0.05) is 31.7 Å². The largest absolute Gasteiger partial charge is 0.394 e. The second-order valence-corrected chi connectivity index (χ2v) is 5.20. The van der Waals surface area contributed by atoms with Crippen molar-refractivity contribution in [1.29, 1.82) is 0 Å². The summed E-state index contributed by atoms with van der Waals surface area (Å²) in [4.78, 5) is 5.87. The molecule has 1 fully saturated rings. The number of anilines is 1. The van der Waals surface area contributed by atoms with Crippen molar-refractivity contribution in [3.05, 3.63) is 24.5 Å². The third-order valence-electron chi connectivity index (χ3n) is 3.66. The Morgan fingerprint density at radius 3 is 2.50 bits per heavy atom. The molecule has 5 atom stereocenters. The molecule has 1 aliphatic rings. The lowest BCUT2D eigenvalue weighted by Crippen LogP contribution is -2.59. The highest BCUT2D eigenvalue weighted by Crippen LogP contribution is 2.22. The van der Waals surface area contributed by atoms with Gasteiger partial charge in [-0.15, -0.1) is 0 Å². The SMILES string of the molecule is CN(CCO[C@@H]1OC(CO)[C@H](O)C(O)C1O)c1ccncc1. The van der Waals surface area contributed by atoms with Crippen molar-refractivity contribution in [1.82, 2.24) is 4.98 Å². The van der Waals surface area contributed by atoms with E-state index in [4.69, 9.17) is 14.6 Å². The van der Waals surface area contributed by atoms with Crippen LogP contribution in [-0.2, 0) is 9.47 Å². The van der Waals surface area contributed by atoms with Crippen molar-refractivity contribution in [2.75, 3.05) is 31.7 Å². The van der Waals surface area contributed by atoms with Gasteiger partial charge in [0.2, 0.25) is 0 Å². The summed E-state index contributed by atoms with van der Waals surface area (Å²) in [6.45, 7) is 0.294. The number of hydrogen-bond acceptors (Lipinski definition) is 8. The van der Waals surface area contributed by atoms with Crippen LogP contribution in [0.2, 0.25) is 0 Å². The Morgan fingerprint density at radius 2 is 1.86 bits per heavy atom. The molecule has 1 aromatic rings. The van der Waals surface area contributed by atoms with E-state index in [-0.39, 0.29) is 6.61 Å². The number of aromatic nitrogens is 1. The van der Waals surface area contributed by atoms with Crippen LogP contribution in [0, 0.1) is 0 Å². The summed E-state index contributed by atoms with van der Waals surface area (Å²) in [5, 5.41) is 38.3. The molecule has 2 heterocycles. The summed E-state index contributed by atoms with van der Waals surface area (Å²) in [7, 11) is 1.88. The van der Waals surface area contributed by atoms with Gasteiger partial charge in [-0.1, -0.05) is 0 Å².